The molecule has 3 rings (SSSR count). The fourth-order valence-corrected chi connectivity index (χ4v) is 5.46. The Labute approximate surface area is 124 Å². The molecule has 2 aliphatic rings. The Morgan fingerprint density at radius 2 is 2.53 bits per heavy atom. The largest absolute Gasteiger partial charge is 0.374 e. The molecule has 1 aromatic heterocycles. The molecule has 4 heteroatoms. The van der Waals surface area contributed by atoms with Gasteiger partial charge in [0.05, 0.1) is 5.60 Å². The smallest absolute Gasteiger partial charge is 0.0795 e. The van der Waals surface area contributed by atoms with Crippen LogP contribution in [0.25, 0.3) is 0 Å². The number of thioether (sulfide) groups is 1. The molecule has 0 amide bonds. The monoisotopic (exact) mass is 297 g/mol. The van der Waals surface area contributed by atoms with Gasteiger partial charge >= 0.3 is 0 Å². The molecule has 3 atom stereocenters. The van der Waals surface area contributed by atoms with Gasteiger partial charge in [0, 0.05) is 29.3 Å². The van der Waals surface area contributed by atoms with Crippen molar-refractivity contribution in [3.8, 4) is 0 Å². The fraction of sp³-hybridized carbons (Fsp3) is 0.733. The number of hydrogen-bond acceptors (Lipinski definition) is 4. The molecule has 1 spiro atoms. The second-order valence-corrected chi connectivity index (χ2v) is 7.75. The molecule has 2 saturated heterocycles. The van der Waals surface area contributed by atoms with E-state index in [4.69, 9.17) is 4.74 Å². The summed E-state index contributed by atoms with van der Waals surface area (Å²) in [5, 5.41) is 6.06. The van der Waals surface area contributed by atoms with Gasteiger partial charge in [0.2, 0.25) is 0 Å². The van der Waals surface area contributed by atoms with Gasteiger partial charge in [-0.1, -0.05) is 13.0 Å². The van der Waals surface area contributed by atoms with Crippen LogP contribution in [-0.2, 0) is 4.74 Å². The van der Waals surface area contributed by atoms with Crippen LogP contribution in [0, 0.1) is 0 Å². The van der Waals surface area contributed by atoms with Crippen molar-refractivity contribution < 1.29 is 4.74 Å². The third kappa shape index (κ3) is 3.18. The zero-order chi connectivity index (χ0) is 13.1. The van der Waals surface area contributed by atoms with E-state index in [9.17, 15) is 0 Å². The van der Waals surface area contributed by atoms with Crippen molar-refractivity contribution in [1.29, 1.82) is 0 Å². The lowest BCUT2D eigenvalue weighted by Gasteiger charge is -2.39. The van der Waals surface area contributed by atoms with Crippen LogP contribution in [0.4, 0.5) is 0 Å². The van der Waals surface area contributed by atoms with Crippen LogP contribution in [0.3, 0.4) is 0 Å². The average Bonchev–Trinajstić information content (AvgIpc) is 3.08. The van der Waals surface area contributed by atoms with E-state index < -0.39 is 0 Å². The zero-order valence-electron chi connectivity index (χ0n) is 11.6. The summed E-state index contributed by atoms with van der Waals surface area (Å²) < 4.78 is 6.10. The highest BCUT2D eigenvalue weighted by Crippen LogP contribution is 2.39. The SMILES string of the molecule is CCC(NC1CCOC2(CCSC2)C1)c1cccs1. The molecule has 0 aliphatic carbocycles. The van der Waals surface area contributed by atoms with E-state index in [1.165, 1.54) is 35.6 Å². The minimum absolute atomic E-state index is 0.189. The summed E-state index contributed by atoms with van der Waals surface area (Å²) in [6.45, 7) is 3.21. The predicted octanol–water partition coefficient (Wildman–Crippen LogP) is 3.84. The van der Waals surface area contributed by atoms with E-state index in [-0.39, 0.29) is 5.60 Å². The van der Waals surface area contributed by atoms with Crippen molar-refractivity contribution in [2.45, 2.75) is 50.3 Å². The summed E-state index contributed by atoms with van der Waals surface area (Å²) in [6, 6.07) is 5.56. The number of thiophene rings is 1. The van der Waals surface area contributed by atoms with Gasteiger partial charge in [-0.2, -0.15) is 11.8 Å². The van der Waals surface area contributed by atoms with Crippen LogP contribution in [0.2, 0.25) is 0 Å². The molecular formula is C15H23NOS2. The molecule has 19 heavy (non-hydrogen) atoms. The second kappa shape index (κ2) is 6.17. The van der Waals surface area contributed by atoms with Crippen molar-refractivity contribution in [3.63, 3.8) is 0 Å². The molecule has 106 valence electrons. The van der Waals surface area contributed by atoms with Crippen molar-refractivity contribution in [1.82, 2.24) is 5.32 Å². The molecule has 0 saturated carbocycles. The highest BCUT2D eigenvalue weighted by Gasteiger charge is 2.40. The molecule has 2 nitrogen and oxygen atoms in total. The van der Waals surface area contributed by atoms with Crippen molar-refractivity contribution in [2.75, 3.05) is 18.1 Å². The maximum Gasteiger partial charge on any atom is 0.0795 e. The predicted molar refractivity (Wildman–Crippen MR) is 84.1 cm³/mol. The number of ether oxygens (including phenoxy) is 1. The first-order valence-corrected chi connectivity index (χ1v) is 9.36. The van der Waals surface area contributed by atoms with Crippen LogP contribution in [0.1, 0.15) is 43.5 Å². The third-order valence-electron chi connectivity index (χ3n) is 4.29. The molecule has 3 unspecified atom stereocenters. The minimum atomic E-state index is 0.189. The Morgan fingerprint density at radius 1 is 1.58 bits per heavy atom. The lowest BCUT2D eigenvalue weighted by molar-refractivity contribution is -0.0714. The number of rotatable bonds is 4. The molecule has 1 aromatic rings. The van der Waals surface area contributed by atoms with Crippen LogP contribution < -0.4 is 5.32 Å². The van der Waals surface area contributed by atoms with Crippen LogP contribution >= 0.6 is 23.1 Å². The van der Waals surface area contributed by atoms with Crippen LogP contribution in [0.5, 0.6) is 0 Å². The zero-order valence-corrected chi connectivity index (χ0v) is 13.2. The second-order valence-electron chi connectivity index (χ2n) is 5.67. The van der Waals surface area contributed by atoms with Gasteiger partial charge in [-0.25, -0.2) is 0 Å². The maximum atomic E-state index is 6.10. The van der Waals surface area contributed by atoms with Crippen LogP contribution in [0.15, 0.2) is 17.5 Å². The highest BCUT2D eigenvalue weighted by molar-refractivity contribution is 7.99. The van der Waals surface area contributed by atoms with Gasteiger partial charge in [0.25, 0.3) is 0 Å². The van der Waals surface area contributed by atoms with E-state index in [2.05, 4.69) is 41.5 Å². The Bertz CT molecular complexity index is 387. The topological polar surface area (TPSA) is 21.3 Å². The van der Waals surface area contributed by atoms with E-state index >= 15 is 0 Å². The van der Waals surface area contributed by atoms with E-state index in [1.807, 2.05) is 11.3 Å². The van der Waals surface area contributed by atoms with Crippen molar-refractivity contribution in [2.24, 2.45) is 0 Å². The van der Waals surface area contributed by atoms with Gasteiger partial charge < -0.3 is 10.1 Å². The Morgan fingerprint density at radius 3 is 3.21 bits per heavy atom. The summed E-state index contributed by atoms with van der Waals surface area (Å²) in [5.41, 5.74) is 0.189. The van der Waals surface area contributed by atoms with Gasteiger partial charge in [-0.3, -0.25) is 0 Å². The molecule has 0 aromatic carbocycles. The molecule has 1 N–H and O–H groups in total. The first kappa shape index (κ1) is 13.9. The van der Waals surface area contributed by atoms with E-state index in [1.54, 1.807) is 0 Å². The summed E-state index contributed by atoms with van der Waals surface area (Å²) >= 11 is 3.92. The molecule has 3 heterocycles. The average molecular weight is 297 g/mol. The Kier molecular flexibility index (Phi) is 4.52. The first-order valence-electron chi connectivity index (χ1n) is 7.32. The lowest BCUT2D eigenvalue weighted by atomic mass is 9.89. The molecule has 0 radical (unpaired) electrons. The Balaban J connectivity index is 1.62. The highest BCUT2D eigenvalue weighted by atomic mass is 32.2. The van der Waals surface area contributed by atoms with Crippen LogP contribution in [-0.4, -0.2) is 29.8 Å². The summed E-state index contributed by atoms with van der Waals surface area (Å²) in [5.74, 6) is 2.47. The lowest BCUT2D eigenvalue weighted by Crippen LogP contribution is -2.47. The standard InChI is InChI=1S/C15H23NOS2/c1-2-13(14-4-3-8-19-14)16-12-5-7-17-15(10-12)6-9-18-11-15/h3-4,8,12-13,16H,2,5-7,9-11H2,1H3. The minimum Gasteiger partial charge on any atom is -0.374 e. The molecule has 2 aliphatic heterocycles. The normalized spacial score (nSPS) is 32.8. The first-order chi connectivity index (χ1) is 9.31. The van der Waals surface area contributed by atoms with Gasteiger partial charge in [-0.15, -0.1) is 11.3 Å². The van der Waals surface area contributed by atoms with Gasteiger partial charge in [0.15, 0.2) is 0 Å². The summed E-state index contributed by atoms with van der Waals surface area (Å²) in [6.07, 6.45) is 4.77. The summed E-state index contributed by atoms with van der Waals surface area (Å²) in [7, 11) is 0. The molecule has 0 bridgehead atoms. The van der Waals surface area contributed by atoms with E-state index in [0.717, 1.165) is 13.0 Å². The van der Waals surface area contributed by atoms with Crippen molar-refractivity contribution >= 4 is 23.1 Å². The Hall–Kier alpha value is -0.0300. The van der Waals surface area contributed by atoms with Gasteiger partial charge in [0.1, 0.15) is 0 Å². The number of nitrogens with one attached hydrogen (secondary N) is 1. The van der Waals surface area contributed by atoms with E-state index in [0.29, 0.717) is 12.1 Å². The molecular weight excluding hydrogens is 274 g/mol. The third-order valence-corrected chi connectivity index (χ3v) is 6.50. The molecule has 2 fully saturated rings. The maximum absolute atomic E-state index is 6.10. The number of hydrogen-bond donors (Lipinski definition) is 1. The fourth-order valence-electron chi connectivity index (χ4n) is 3.21. The van der Waals surface area contributed by atoms with Crippen molar-refractivity contribution in [3.05, 3.63) is 22.4 Å². The van der Waals surface area contributed by atoms with Gasteiger partial charge in [-0.05, 0) is 42.9 Å². The quantitative estimate of drug-likeness (QED) is 0.912. The summed E-state index contributed by atoms with van der Waals surface area (Å²) in [4.78, 5) is 1.48.